The maximum absolute atomic E-state index is 15.1. The zero-order valence-electron chi connectivity index (χ0n) is 17.4. The summed E-state index contributed by atoms with van der Waals surface area (Å²) in [5.41, 5.74) is 0.991. The van der Waals surface area contributed by atoms with Crippen molar-refractivity contribution in [3.8, 4) is 5.75 Å². The number of carbonyl (C=O) groups excluding carboxylic acids is 1. The number of rotatable bonds is 6. The number of carbonyl (C=O) groups is 2. The second-order valence-corrected chi connectivity index (χ2v) is 10.4. The SMILES string of the molecule is O=C(O)C1CC=NN1C(=O)c1cc(C2CC2)c(OCC23CC4CC(CC2C4)C3)cc1F. The number of nitrogens with zero attached hydrogens (tertiary/aromatic N) is 2. The van der Waals surface area contributed by atoms with Gasteiger partial charge in [0.25, 0.3) is 5.91 Å². The van der Waals surface area contributed by atoms with Gasteiger partial charge in [-0.25, -0.2) is 14.2 Å². The molecule has 31 heavy (non-hydrogen) atoms. The molecule has 6 aliphatic rings. The lowest BCUT2D eigenvalue weighted by Crippen LogP contribution is -2.38. The van der Waals surface area contributed by atoms with E-state index < -0.39 is 23.7 Å². The molecular weight excluding hydrogens is 399 g/mol. The van der Waals surface area contributed by atoms with E-state index in [4.69, 9.17) is 4.74 Å². The van der Waals surface area contributed by atoms with E-state index in [1.807, 2.05) is 0 Å². The van der Waals surface area contributed by atoms with Crippen molar-refractivity contribution in [2.24, 2.45) is 28.3 Å². The zero-order chi connectivity index (χ0) is 21.3. The minimum absolute atomic E-state index is 0.126. The third-order valence-electron chi connectivity index (χ3n) is 8.34. The van der Waals surface area contributed by atoms with Crippen molar-refractivity contribution >= 4 is 18.1 Å². The highest BCUT2D eigenvalue weighted by Crippen LogP contribution is 2.65. The number of aliphatic carboxylic acids is 1. The second kappa shape index (κ2) is 6.78. The predicted octanol–water partition coefficient (Wildman–Crippen LogP) is 4.19. The Bertz CT molecular complexity index is 974. The predicted molar refractivity (Wildman–Crippen MR) is 111 cm³/mol. The largest absolute Gasteiger partial charge is 0.493 e. The van der Waals surface area contributed by atoms with Crippen LogP contribution in [0.1, 0.15) is 73.2 Å². The zero-order valence-corrected chi connectivity index (χ0v) is 17.4. The van der Waals surface area contributed by atoms with Crippen molar-refractivity contribution in [3.63, 3.8) is 0 Å². The Morgan fingerprint density at radius 1 is 1.19 bits per heavy atom. The van der Waals surface area contributed by atoms with Crippen molar-refractivity contribution in [1.29, 1.82) is 0 Å². The van der Waals surface area contributed by atoms with Gasteiger partial charge in [-0.1, -0.05) is 0 Å². The van der Waals surface area contributed by atoms with Crippen LogP contribution in [0, 0.1) is 29.0 Å². The number of hydrogen-bond acceptors (Lipinski definition) is 4. The Hall–Kier alpha value is -2.44. The molecule has 3 atom stereocenters. The van der Waals surface area contributed by atoms with Crippen LogP contribution < -0.4 is 4.74 Å². The van der Waals surface area contributed by atoms with E-state index in [9.17, 15) is 14.7 Å². The standard InChI is InChI=1S/C24H27FN2O4/c25-19-9-21(31-12-24-10-13-5-14(11-24)7-16(24)6-13)17(15-1-2-15)8-18(19)22(28)27-20(23(29)30)3-4-26-27/h4,8-9,13-16,20H,1-3,5-7,10-12H2,(H,29,30). The van der Waals surface area contributed by atoms with Gasteiger partial charge in [-0.15, -0.1) is 0 Å². The minimum Gasteiger partial charge on any atom is -0.493 e. The van der Waals surface area contributed by atoms with Crippen LogP contribution in [0.5, 0.6) is 5.75 Å². The molecule has 0 radical (unpaired) electrons. The molecule has 1 aliphatic heterocycles. The Balaban J connectivity index is 1.26. The number of hydrogen-bond donors (Lipinski definition) is 1. The third kappa shape index (κ3) is 3.07. The molecule has 3 unspecified atom stereocenters. The van der Waals surface area contributed by atoms with Crippen molar-refractivity contribution in [2.75, 3.05) is 6.61 Å². The Labute approximate surface area is 180 Å². The van der Waals surface area contributed by atoms with E-state index in [1.165, 1.54) is 44.4 Å². The molecule has 1 amide bonds. The fourth-order valence-corrected chi connectivity index (χ4v) is 6.93. The molecule has 1 heterocycles. The van der Waals surface area contributed by atoms with Crippen LogP contribution in [0.2, 0.25) is 0 Å². The Morgan fingerprint density at radius 2 is 1.94 bits per heavy atom. The van der Waals surface area contributed by atoms with Crippen LogP contribution in [0.3, 0.4) is 0 Å². The summed E-state index contributed by atoms with van der Waals surface area (Å²) < 4.78 is 21.4. The van der Waals surface area contributed by atoms with Crippen molar-refractivity contribution < 1.29 is 23.8 Å². The lowest BCUT2D eigenvalue weighted by molar-refractivity contribution is -0.141. The average molecular weight is 426 g/mol. The van der Waals surface area contributed by atoms with Crippen LogP contribution in [-0.4, -0.2) is 40.9 Å². The summed E-state index contributed by atoms with van der Waals surface area (Å²) in [6, 6.07) is 1.83. The molecular formula is C24H27FN2O4. The van der Waals surface area contributed by atoms with Gasteiger partial charge in [0.2, 0.25) is 0 Å². The van der Waals surface area contributed by atoms with Gasteiger partial charge in [0.1, 0.15) is 11.6 Å². The van der Waals surface area contributed by atoms with E-state index in [1.54, 1.807) is 6.07 Å². The number of benzene rings is 1. The van der Waals surface area contributed by atoms with Gasteiger partial charge < -0.3 is 9.84 Å². The fourth-order valence-electron chi connectivity index (χ4n) is 6.93. The van der Waals surface area contributed by atoms with Crippen LogP contribution in [0.4, 0.5) is 4.39 Å². The minimum atomic E-state index is -1.14. The lowest BCUT2D eigenvalue weighted by atomic mass is 9.76. The molecule has 6 nitrogen and oxygen atoms in total. The van der Waals surface area contributed by atoms with Gasteiger partial charge >= 0.3 is 5.97 Å². The van der Waals surface area contributed by atoms with Crippen molar-refractivity contribution in [1.82, 2.24) is 5.01 Å². The number of amides is 1. The van der Waals surface area contributed by atoms with Gasteiger partial charge in [-0.3, -0.25) is 4.79 Å². The van der Waals surface area contributed by atoms with Crippen LogP contribution in [-0.2, 0) is 4.79 Å². The summed E-state index contributed by atoms with van der Waals surface area (Å²) in [4.78, 5) is 24.3. The van der Waals surface area contributed by atoms with E-state index in [2.05, 4.69) is 5.10 Å². The first kappa shape index (κ1) is 19.3. The van der Waals surface area contributed by atoms with E-state index in [0.29, 0.717) is 12.4 Å². The average Bonchev–Trinajstić information content (AvgIpc) is 3.32. The molecule has 1 aromatic carbocycles. The monoisotopic (exact) mass is 426 g/mol. The van der Waals surface area contributed by atoms with Crippen LogP contribution in [0.15, 0.2) is 17.2 Å². The maximum Gasteiger partial charge on any atom is 0.329 e. The highest BCUT2D eigenvalue weighted by atomic mass is 19.1. The van der Waals surface area contributed by atoms with Gasteiger partial charge in [-0.05, 0) is 80.2 Å². The van der Waals surface area contributed by atoms with Crippen molar-refractivity contribution in [3.05, 3.63) is 29.1 Å². The molecule has 7 rings (SSSR count). The number of ether oxygens (including phenoxy) is 1. The Morgan fingerprint density at radius 3 is 2.61 bits per heavy atom. The summed E-state index contributed by atoms with van der Waals surface area (Å²) >= 11 is 0. The summed E-state index contributed by atoms with van der Waals surface area (Å²) in [5.74, 6) is 0.710. The van der Waals surface area contributed by atoms with E-state index in [0.717, 1.165) is 41.2 Å². The molecule has 0 spiro atoms. The summed E-state index contributed by atoms with van der Waals surface area (Å²) in [6.45, 7) is 0.634. The number of carboxylic acid groups (broad SMARTS) is 1. The highest BCUT2D eigenvalue weighted by Gasteiger charge is 2.58. The number of carboxylic acids is 1. The van der Waals surface area contributed by atoms with Crippen LogP contribution in [0.25, 0.3) is 0 Å². The molecule has 5 fully saturated rings. The lowest BCUT2D eigenvalue weighted by Gasteiger charge is -2.33. The second-order valence-electron chi connectivity index (χ2n) is 10.4. The van der Waals surface area contributed by atoms with Crippen LogP contribution >= 0.6 is 0 Å². The van der Waals surface area contributed by atoms with Gasteiger partial charge in [0, 0.05) is 24.1 Å². The number of halogens is 1. The first-order chi connectivity index (χ1) is 14.9. The fraction of sp³-hybridized carbons (Fsp3) is 0.625. The third-order valence-corrected chi connectivity index (χ3v) is 8.34. The number of hydrazone groups is 1. The summed E-state index contributed by atoms with van der Waals surface area (Å²) in [7, 11) is 0. The molecule has 164 valence electrons. The molecule has 5 saturated carbocycles. The summed E-state index contributed by atoms with van der Waals surface area (Å²) in [5, 5.41) is 14.1. The molecule has 1 aromatic rings. The Kier molecular flexibility index (Phi) is 4.21. The quantitative estimate of drug-likeness (QED) is 0.740. The normalized spacial score (nSPS) is 35.2. The maximum atomic E-state index is 15.1. The molecule has 5 aliphatic carbocycles. The topological polar surface area (TPSA) is 79.2 Å². The van der Waals surface area contributed by atoms with E-state index in [-0.39, 0.29) is 23.3 Å². The molecule has 0 saturated heterocycles. The first-order valence-electron chi connectivity index (χ1n) is 11.5. The van der Waals surface area contributed by atoms with Crippen molar-refractivity contribution in [2.45, 2.75) is 63.3 Å². The summed E-state index contributed by atoms with van der Waals surface area (Å²) in [6.07, 6.45) is 9.97. The highest BCUT2D eigenvalue weighted by molar-refractivity contribution is 5.99. The van der Waals surface area contributed by atoms with Gasteiger partial charge in [0.05, 0.1) is 12.2 Å². The first-order valence-corrected chi connectivity index (χ1v) is 11.5. The molecule has 4 bridgehead atoms. The molecule has 1 N–H and O–H groups in total. The van der Waals surface area contributed by atoms with Gasteiger partial charge in [-0.2, -0.15) is 5.10 Å². The molecule has 7 heteroatoms. The van der Waals surface area contributed by atoms with Gasteiger partial charge in [0.15, 0.2) is 6.04 Å². The smallest absolute Gasteiger partial charge is 0.329 e. The van der Waals surface area contributed by atoms with E-state index >= 15 is 4.39 Å². The molecule has 0 aromatic heterocycles.